The molecular weight excluding hydrogens is 268 g/mol. The Morgan fingerprint density at radius 2 is 1.33 bits per heavy atom. The summed E-state index contributed by atoms with van der Waals surface area (Å²) < 4.78 is 4.54. The Bertz CT molecular complexity index is 243. The third-order valence-electron chi connectivity index (χ3n) is 3.87. The van der Waals surface area contributed by atoms with Gasteiger partial charge in [-0.25, -0.2) is 0 Å². The molecule has 0 saturated carbocycles. The van der Waals surface area contributed by atoms with Gasteiger partial charge in [0.1, 0.15) is 0 Å². The molecule has 0 rings (SSSR count). The number of rotatable bonds is 14. The van der Waals surface area contributed by atoms with Gasteiger partial charge in [0.05, 0.1) is 19.3 Å². The van der Waals surface area contributed by atoms with E-state index in [1.807, 2.05) is 0 Å². The smallest absolute Gasteiger partial charge is 0.305 e. The van der Waals surface area contributed by atoms with Crippen LogP contribution in [0, 0.1) is 0 Å². The summed E-state index contributed by atoms with van der Waals surface area (Å²) in [5, 5.41) is 19.4. The van der Waals surface area contributed by atoms with Gasteiger partial charge < -0.3 is 14.9 Å². The lowest BCUT2D eigenvalue weighted by molar-refractivity contribution is -0.141. The van der Waals surface area contributed by atoms with Gasteiger partial charge in [-0.2, -0.15) is 0 Å². The minimum atomic E-state index is -0.389. The summed E-state index contributed by atoms with van der Waals surface area (Å²) in [6.45, 7) is 2.15. The Morgan fingerprint density at radius 1 is 0.857 bits per heavy atom. The summed E-state index contributed by atoms with van der Waals surface area (Å²) in [6.07, 6.45) is 10.7. The molecule has 126 valence electrons. The number of esters is 1. The van der Waals surface area contributed by atoms with E-state index in [9.17, 15) is 15.0 Å². The first kappa shape index (κ1) is 20.4. The zero-order valence-electron chi connectivity index (χ0n) is 13.9. The Hall–Kier alpha value is -0.610. The number of aliphatic hydroxyl groups is 2. The van der Waals surface area contributed by atoms with E-state index in [0.717, 1.165) is 64.2 Å². The van der Waals surface area contributed by atoms with Gasteiger partial charge >= 0.3 is 5.97 Å². The van der Waals surface area contributed by atoms with Crippen LogP contribution in [0.5, 0.6) is 0 Å². The lowest BCUT2D eigenvalue weighted by atomic mass is 10.0. The predicted molar refractivity (Wildman–Crippen MR) is 85.1 cm³/mol. The van der Waals surface area contributed by atoms with E-state index in [1.54, 1.807) is 0 Å². The van der Waals surface area contributed by atoms with E-state index >= 15 is 0 Å². The highest BCUT2D eigenvalue weighted by atomic mass is 16.5. The van der Waals surface area contributed by atoms with Crippen molar-refractivity contribution in [1.29, 1.82) is 0 Å². The number of carbonyl (C=O) groups excluding carboxylic acids is 1. The van der Waals surface area contributed by atoms with Gasteiger partial charge in [-0.05, 0) is 25.7 Å². The fourth-order valence-electron chi connectivity index (χ4n) is 2.41. The molecule has 0 aliphatic heterocycles. The summed E-state index contributed by atoms with van der Waals surface area (Å²) in [6, 6.07) is 0. The molecule has 2 unspecified atom stereocenters. The van der Waals surface area contributed by atoms with Crippen LogP contribution in [0.25, 0.3) is 0 Å². The Morgan fingerprint density at radius 3 is 1.86 bits per heavy atom. The number of unbranched alkanes of at least 4 members (excludes halogenated alkanes) is 5. The minimum Gasteiger partial charge on any atom is -0.469 e. The molecule has 0 bridgehead atoms. The normalized spacial score (nSPS) is 13.9. The van der Waals surface area contributed by atoms with Crippen molar-refractivity contribution in [1.82, 2.24) is 0 Å². The summed E-state index contributed by atoms with van der Waals surface area (Å²) in [4.78, 5) is 10.9. The zero-order chi connectivity index (χ0) is 15.9. The average Bonchev–Trinajstić information content (AvgIpc) is 2.49. The highest BCUT2D eigenvalue weighted by molar-refractivity contribution is 5.69. The van der Waals surface area contributed by atoms with Crippen molar-refractivity contribution in [3.8, 4) is 0 Å². The third kappa shape index (κ3) is 14.1. The van der Waals surface area contributed by atoms with Crippen molar-refractivity contribution in [3.63, 3.8) is 0 Å². The number of aliphatic hydroxyl groups excluding tert-OH is 2. The van der Waals surface area contributed by atoms with Crippen LogP contribution < -0.4 is 0 Å². The molecule has 2 atom stereocenters. The maximum absolute atomic E-state index is 10.9. The van der Waals surface area contributed by atoms with Crippen LogP contribution in [0.3, 0.4) is 0 Å². The molecule has 0 aliphatic rings. The Labute approximate surface area is 129 Å². The van der Waals surface area contributed by atoms with E-state index in [1.165, 1.54) is 7.11 Å². The monoisotopic (exact) mass is 302 g/mol. The maximum Gasteiger partial charge on any atom is 0.305 e. The van der Waals surface area contributed by atoms with E-state index in [0.29, 0.717) is 12.8 Å². The fourth-order valence-corrected chi connectivity index (χ4v) is 2.41. The van der Waals surface area contributed by atoms with Gasteiger partial charge in [-0.15, -0.1) is 0 Å². The molecule has 4 heteroatoms. The van der Waals surface area contributed by atoms with Crippen molar-refractivity contribution in [3.05, 3.63) is 0 Å². The second-order valence-electron chi connectivity index (χ2n) is 5.91. The van der Waals surface area contributed by atoms with Crippen molar-refractivity contribution >= 4 is 5.97 Å². The Kier molecular flexibility index (Phi) is 13.9. The molecule has 4 nitrogen and oxygen atoms in total. The highest BCUT2D eigenvalue weighted by Crippen LogP contribution is 2.13. The van der Waals surface area contributed by atoms with Gasteiger partial charge in [-0.1, -0.05) is 51.9 Å². The molecule has 0 aromatic heterocycles. The Balaban J connectivity index is 3.29. The summed E-state index contributed by atoms with van der Waals surface area (Å²) >= 11 is 0. The number of ether oxygens (including phenoxy) is 1. The van der Waals surface area contributed by atoms with Crippen molar-refractivity contribution in [2.24, 2.45) is 0 Å². The van der Waals surface area contributed by atoms with E-state index in [2.05, 4.69) is 11.7 Å². The maximum atomic E-state index is 10.9. The number of hydrogen-bond acceptors (Lipinski definition) is 4. The van der Waals surface area contributed by atoms with Crippen LogP contribution >= 0.6 is 0 Å². The number of methoxy groups -OCH3 is 1. The lowest BCUT2D eigenvalue weighted by Crippen LogP contribution is -2.10. The third-order valence-corrected chi connectivity index (χ3v) is 3.87. The quantitative estimate of drug-likeness (QED) is 0.380. The first-order valence-electron chi connectivity index (χ1n) is 8.53. The van der Waals surface area contributed by atoms with E-state index in [4.69, 9.17) is 0 Å². The molecule has 21 heavy (non-hydrogen) atoms. The van der Waals surface area contributed by atoms with Gasteiger partial charge in [0.2, 0.25) is 0 Å². The molecule has 0 heterocycles. The second-order valence-corrected chi connectivity index (χ2v) is 5.91. The summed E-state index contributed by atoms with van der Waals surface area (Å²) in [7, 11) is 1.37. The topological polar surface area (TPSA) is 66.8 Å². The lowest BCUT2D eigenvalue weighted by Gasteiger charge is -2.10. The zero-order valence-corrected chi connectivity index (χ0v) is 13.9. The summed E-state index contributed by atoms with van der Waals surface area (Å²) in [5.74, 6) is -0.254. The van der Waals surface area contributed by atoms with Gasteiger partial charge in [0, 0.05) is 6.42 Å². The molecule has 0 spiro atoms. The number of hydrogen-bond donors (Lipinski definition) is 2. The molecule has 0 aromatic carbocycles. The first-order valence-corrected chi connectivity index (χ1v) is 8.53. The van der Waals surface area contributed by atoms with Crippen LogP contribution in [-0.4, -0.2) is 35.5 Å². The highest BCUT2D eigenvalue weighted by Gasteiger charge is 2.08. The first-order chi connectivity index (χ1) is 10.1. The van der Waals surface area contributed by atoms with Crippen LogP contribution in [0.2, 0.25) is 0 Å². The molecule has 0 radical (unpaired) electrons. The van der Waals surface area contributed by atoms with E-state index < -0.39 is 0 Å². The molecule has 0 aromatic rings. The molecule has 2 N–H and O–H groups in total. The summed E-state index contributed by atoms with van der Waals surface area (Å²) in [5.41, 5.74) is 0. The van der Waals surface area contributed by atoms with E-state index in [-0.39, 0.29) is 18.2 Å². The van der Waals surface area contributed by atoms with Gasteiger partial charge in [-0.3, -0.25) is 4.79 Å². The van der Waals surface area contributed by atoms with Crippen molar-refractivity contribution < 1.29 is 19.7 Å². The average molecular weight is 302 g/mol. The van der Waals surface area contributed by atoms with Crippen molar-refractivity contribution in [2.75, 3.05) is 7.11 Å². The van der Waals surface area contributed by atoms with Crippen LogP contribution in [-0.2, 0) is 9.53 Å². The fraction of sp³-hybridized carbons (Fsp3) is 0.941. The van der Waals surface area contributed by atoms with Crippen LogP contribution in [0.4, 0.5) is 0 Å². The number of carbonyl (C=O) groups is 1. The minimum absolute atomic E-state index is 0.120. The van der Waals surface area contributed by atoms with Gasteiger partial charge in [0.25, 0.3) is 0 Å². The van der Waals surface area contributed by atoms with Gasteiger partial charge in [0.15, 0.2) is 0 Å². The standard InChI is InChI=1S/C17H34O4/c1-3-4-10-15(18)11-8-6-5-7-9-12-16(19)13-14-17(20)21-2/h15-16,18-19H,3-14H2,1-2H3. The molecule has 0 fully saturated rings. The predicted octanol–water partition coefficient (Wildman–Crippen LogP) is 3.58. The van der Waals surface area contributed by atoms with Crippen LogP contribution in [0.15, 0.2) is 0 Å². The molecular formula is C17H34O4. The largest absolute Gasteiger partial charge is 0.469 e. The van der Waals surface area contributed by atoms with Crippen LogP contribution in [0.1, 0.15) is 84.0 Å². The molecule has 0 aliphatic carbocycles. The SMILES string of the molecule is CCCCC(O)CCCCCCCC(O)CCC(=O)OC. The molecule has 0 amide bonds. The van der Waals surface area contributed by atoms with Crippen molar-refractivity contribution in [2.45, 2.75) is 96.2 Å². The molecule has 0 saturated heterocycles. The second kappa shape index (κ2) is 14.3.